The highest BCUT2D eigenvalue weighted by atomic mass is 32.1. The molecule has 2 aromatic carbocycles. The summed E-state index contributed by atoms with van der Waals surface area (Å²) < 4.78 is 4.87. The second-order valence-corrected chi connectivity index (χ2v) is 6.42. The van der Waals surface area contributed by atoms with Gasteiger partial charge < -0.3 is 14.4 Å². The number of benzene rings is 2. The maximum absolute atomic E-state index is 10.3. The first-order valence-electron chi connectivity index (χ1n) is 6.73. The number of hydrogen-bond acceptors (Lipinski definition) is 4. The molecule has 0 aliphatic heterocycles. The van der Waals surface area contributed by atoms with Crippen LogP contribution in [0, 0.1) is 6.92 Å². The summed E-state index contributed by atoms with van der Waals surface area (Å²) in [6.07, 6.45) is 0. The lowest BCUT2D eigenvalue weighted by molar-refractivity contribution is 0.450. The van der Waals surface area contributed by atoms with E-state index < -0.39 is 0 Å². The molecule has 0 radical (unpaired) electrons. The van der Waals surface area contributed by atoms with Gasteiger partial charge in [-0.05, 0) is 41.7 Å². The molecule has 2 rings (SSSR count). The van der Waals surface area contributed by atoms with Crippen LogP contribution in [0.4, 0.5) is 0 Å². The molecule has 0 saturated carbocycles. The molecular weight excluding hydrogens is 284 g/mol. The van der Waals surface area contributed by atoms with Gasteiger partial charge in [0.25, 0.3) is 0 Å². The monoisotopic (exact) mass is 304 g/mol. The van der Waals surface area contributed by atoms with Crippen LogP contribution in [0.5, 0.6) is 17.2 Å². The predicted octanol–water partition coefficient (Wildman–Crippen LogP) is 4.59. The minimum atomic E-state index is -0.0516. The van der Waals surface area contributed by atoms with Gasteiger partial charge in [0.15, 0.2) is 11.5 Å². The van der Waals surface area contributed by atoms with Crippen LogP contribution in [-0.4, -0.2) is 10.2 Å². The van der Waals surface area contributed by atoms with E-state index in [-0.39, 0.29) is 22.7 Å². The van der Waals surface area contributed by atoms with Crippen molar-refractivity contribution in [1.29, 1.82) is 0 Å². The fourth-order valence-electron chi connectivity index (χ4n) is 2.25. The molecule has 0 heterocycles. The maximum Gasteiger partial charge on any atom is 0.179 e. The Labute approximate surface area is 130 Å². The molecule has 0 aromatic heterocycles. The fourth-order valence-corrected chi connectivity index (χ4v) is 2.39. The molecule has 2 aromatic rings. The smallest absolute Gasteiger partial charge is 0.179 e. The average Bonchev–Trinajstić information content (AvgIpc) is 2.40. The molecule has 3 nitrogen and oxygen atoms in total. The quantitative estimate of drug-likeness (QED) is 0.561. The van der Waals surface area contributed by atoms with Gasteiger partial charge in [0.05, 0.1) is 0 Å². The first kappa shape index (κ1) is 15.6. The van der Waals surface area contributed by atoms with E-state index in [2.05, 4.69) is 33.7 Å². The summed E-state index contributed by atoms with van der Waals surface area (Å²) in [5.41, 5.74) is 2.98. The average molecular weight is 304 g/mol. The van der Waals surface area contributed by atoms with Gasteiger partial charge in [-0.2, -0.15) is 0 Å². The Morgan fingerprint density at radius 3 is 2.19 bits per heavy atom. The second-order valence-electron chi connectivity index (χ2n) is 6.23. The van der Waals surface area contributed by atoms with Gasteiger partial charge in [0, 0.05) is 24.0 Å². The largest absolute Gasteiger partial charge is 0.507 e. The van der Waals surface area contributed by atoms with E-state index in [1.165, 1.54) is 0 Å². The molecule has 0 unspecified atom stereocenters. The van der Waals surface area contributed by atoms with Crippen molar-refractivity contribution in [3.63, 3.8) is 0 Å². The molecule has 0 atom stereocenters. The van der Waals surface area contributed by atoms with Crippen molar-refractivity contribution in [1.82, 2.24) is 0 Å². The van der Waals surface area contributed by atoms with Gasteiger partial charge in [-0.25, -0.2) is 0 Å². The molecule has 0 bridgehead atoms. The Kier molecular flexibility index (Phi) is 4.10. The zero-order chi connectivity index (χ0) is 15.8. The lowest BCUT2D eigenvalue weighted by atomic mass is 9.85. The summed E-state index contributed by atoms with van der Waals surface area (Å²) >= 11 is 3.74. The second kappa shape index (κ2) is 5.53. The van der Waals surface area contributed by atoms with Gasteiger partial charge >= 0.3 is 0 Å². The minimum absolute atomic E-state index is 0.0330. The standard InChI is InChI=1S/C17H20O3S/c1-10-7-13(16(19)15(8-10)20-21)12-6-5-11(9-14(12)18)17(2,3)4/h5-9,18-19,21H,1-4H3. The summed E-state index contributed by atoms with van der Waals surface area (Å²) in [4.78, 5) is 0. The van der Waals surface area contributed by atoms with E-state index in [9.17, 15) is 10.2 Å². The normalized spacial score (nSPS) is 11.5. The number of thiol groups is 1. The maximum atomic E-state index is 10.3. The minimum Gasteiger partial charge on any atom is -0.507 e. The molecular formula is C17H20O3S. The molecule has 0 fully saturated rings. The first-order chi connectivity index (χ1) is 9.74. The van der Waals surface area contributed by atoms with Crippen molar-refractivity contribution in [2.75, 3.05) is 0 Å². The van der Waals surface area contributed by atoms with Crippen LogP contribution in [0.3, 0.4) is 0 Å². The topological polar surface area (TPSA) is 49.7 Å². The van der Waals surface area contributed by atoms with E-state index in [0.717, 1.165) is 11.1 Å². The van der Waals surface area contributed by atoms with E-state index in [1.54, 1.807) is 18.2 Å². The molecule has 0 spiro atoms. The molecule has 0 amide bonds. The molecule has 0 saturated heterocycles. The van der Waals surface area contributed by atoms with Crippen molar-refractivity contribution in [2.45, 2.75) is 33.1 Å². The van der Waals surface area contributed by atoms with Gasteiger partial charge in [-0.1, -0.05) is 32.9 Å². The predicted molar refractivity (Wildman–Crippen MR) is 88.3 cm³/mol. The summed E-state index contributed by atoms with van der Waals surface area (Å²) in [6, 6.07) is 8.99. The molecule has 0 aliphatic rings. The zero-order valence-electron chi connectivity index (χ0n) is 12.6. The number of hydrogen-bond donors (Lipinski definition) is 3. The van der Waals surface area contributed by atoms with Crippen LogP contribution in [0.15, 0.2) is 30.3 Å². The Balaban J connectivity index is 2.60. The summed E-state index contributed by atoms with van der Waals surface area (Å²) in [5.74, 6) is 0.371. The van der Waals surface area contributed by atoms with E-state index in [0.29, 0.717) is 11.1 Å². The number of aromatic hydroxyl groups is 2. The number of phenols is 2. The van der Waals surface area contributed by atoms with Gasteiger partial charge in [-0.3, -0.25) is 0 Å². The van der Waals surface area contributed by atoms with E-state index in [1.807, 2.05) is 19.1 Å². The number of rotatable bonds is 2. The molecule has 21 heavy (non-hydrogen) atoms. The van der Waals surface area contributed by atoms with Crippen molar-refractivity contribution in [3.8, 4) is 28.4 Å². The van der Waals surface area contributed by atoms with Crippen LogP contribution in [0.25, 0.3) is 11.1 Å². The summed E-state index contributed by atoms with van der Waals surface area (Å²) in [6.45, 7) is 8.13. The Morgan fingerprint density at radius 1 is 1.00 bits per heavy atom. The summed E-state index contributed by atoms with van der Waals surface area (Å²) in [7, 11) is 0. The van der Waals surface area contributed by atoms with Gasteiger partial charge in [-0.15, -0.1) is 0 Å². The fraction of sp³-hybridized carbons (Fsp3) is 0.294. The SMILES string of the molecule is Cc1cc(OS)c(O)c(-c2ccc(C(C)(C)C)cc2O)c1. The highest BCUT2D eigenvalue weighted by molar-refractivity contribution is 7.75. The van der Waals surface area contributed by atoms with Crippen LogP contribution >= 0.6 is 12.9 Å². The van der Waals surface area contributed by atoms with E-state index >= 15 is 0 Å². The number of phenolic OH excluding ortho intramolecular Hbond substituents is 2. The number of aryl methyl sites for hydroxylation is 1. The van der Waals surface area contributed by atoms with Crippen molar-refractivity contribution in [2.24, 2.45) is 0 Å². The molecule has 2 N–H and O–H groups in total. The highest BCUT2D eigenvalue weighted by Gasteiger charge is 2.18. The summed E-state index contributed by atoms with van der Waals surface area (Å²) in [5, 5.41) is 20.6. The van der Waals surface area contributed by atoms with Crippen LogP contribution in [0.1, 0.15) is 31.9 Å². The van der Waals surface area contributed by atoms with Crippen LogP contribution in [-0.2, 0) is 5.41 Å². The zero-order valence-corrected chi connectivity index (χ0v) is 13.5. The Morgan fingerprint density at radius 2 is 1.67 bits per heavy atom. The van der Waals surface area contributed by atoms with E-state index in [4.69, 9.17) is 4.18 Å². The van der Waals surface area contributed by atoms with Gasteiger partial charge in [0.2, 0.25) is 0 Å². The van der Waals surface area contributed by atoms with Gasteiger partial charge in [0.1, 0.15) is 5.75 Å². The van der Waals surface area contributed by atoms with Crippen molar-refractivity contribution >= 4 is 12.9 Å². The first-order valence-corrected chi connectivity index (χ1v) is 7.09. The lowest BCUT2D eigenvalue weighted by Crippen LogP contribution is -2.10. The molecule has 4 heteroatoms. The Hall–Kier alpha value is -1.81. The Bertz CT molecular complexity index is 672. The lowest BCUT2D eigenvalue weighted by Gasteiger charge is -2.20. The van der Waals surface area contributed by atoms with Crippen LogP contribution in [0.2, 0.25) is 0 Å². The van der Waals surface area contributed by atoms with Crippen molar-refractivity contribution < 1.29 is 14.4 Å². The third-order valence-corrected chi connectivity index (χ3v) is 3.67. The molecule has 112 valence electrons. The third kappa shape index (κ3) is 3.10. The highest BCUT2D eigenvalue weighted by Crippen LogP contribution is 2.43. The van der Waals surface area contributed by atoms with Crippen molar-refractivity contribution in [3.05, 3.63) is 41.5 Å². The third-order valence-electron chi connectivity index (χ3n) is 3.47. The molecule has 0 aliphatic carbocycles. The van der Waals surface area contributed by atoms with Crippen LogP contribution < -0.4 is 4.18 Å².